The molecule has 4 atom stereocenters. The summed E-state index contributed by atoms with van der Waals surface area (Å²) in [6, 6.07) is 0.183. The Balaban J connectivity index is 1.87. The molecule has 0 aromatic carbocycles. The molecule has 2 N–H and O–H groups in total. The van der Waals surface area contributed by atoms with E-state index in [0.717, 1.165) is 18.9 Å². The van der Waals surface area contributed by atoms with Crippen molar-refractivity contribution in [2.24, 2.45) is 11.8 Å². The fourth-order valence-electron chi connectivity index (χ4n) is 3.23. The van der Waals surface area contributed by atoms with Gasteiger partial charge < -0.3 is 15.4 Å². The second-order valence-electron chi connectivity index (χ2n) is 5.31. The summed E-state index contributed by atoms with van der Waals surface area (Å²) in [4.78, 5) is 12.2. The lowest BCUT2D eigenvalue weighted by Gasteiger charge is -2.22. The van der Waals surface area contributed by atoms with Gasteiger partial charge in [0.15, 0.2) is 0 Å². The molecule has 4 heteroatoms. The van der Waals surface area contributed by atoms with Crippen molar-refractivity contribution in [1.29, 1.82) is 0 Å². The summed E-state index contributed by atoms with van der Waals surface area (Å²) < 4.78 is 5.11. The van der Waals surface area contributed by atoms with Crippen molar-refractivity contribution in [2.45, 2.75) is 44.7 Å². The summed E-state index contributed by atoms with van der Waals surface area (Å²) in [5.41, 5.74) is 0. The van der Waals surface area contributed by atoms with Crippen molar-refractivity contribution in [3.8, 4) is 0 Å². The van der Waals surface area contributed by atoms with Crippen molar-refractivity contribution < 1.29 is 9.53 Å². The highest BCUT2D eigenvalue weighted by molar-refractivity contribution is 5.82. The molecule has 0 radical (unpaired) electrons. The van der Waals surface area contributed by atoms with E-state index in [1.807, 2.05) is 0 Å². The second kappa shape index (κ2) is 5.83. The standard InChI is InChI=1S/C13H24N2O2/c1-3-10(8-17-2)15-13(16)12-11-6-4-5-9(11)7-14-12/h9-12,14H,3-8H2,1-2H3,(H,15,16). The van der Waals surface area contributed by atoms with Crippen molar-refractivity contribution >= 4 is 5.91 Å². The third-order valence-electron chi connectivity index (χ3n) is 4.24. The molecule has 2 aliphatic rings. The first kappa shape index (κ1) is 12.8. The number of methoxy groups -OCH3 is 1. The SMILES string of the molecule is CCC(COC)NC(=O)C1NCC2CCCC21. The van der Waals surface area contributed by atoms with Gasteiger partial charge in [-0.05, 0) is 37.6 Å². The maximum atomic E-state index is 12.2. The Bertz CT molecular complexity index is 270. The largest absolute Gasteiger partial charge is 0.383 e. The fourth-order valence-corrected chi connectivity index (χ4v) is 3.23. The van der Waals surface area contributed by atoms with Gasteiger partial charge in [0.1, 0.15) is 0 Å². The minimum absolute atomic E-state index is 0.0356. The molecule has 0 bridgehead atoms. The van der Waals surface area contributed by atoms with E-state index in [4.69, 9.17) is 4.74 Å². The van der Waals surface area contributed by atoms with Gasteiger partial charge in [-0.1, -0.05) is 13.3 Å². The summed E-state index contributed by atoms with van der Waals surface area (Å²) >= 11 is 0. The van der Waals surface area contributed by atoms with E-state index < -0.39 is 0 Å². The maximum absolute atomic E-state index is 12.2. The third kappa shape index (κ3) is 2.80. The lowest BCUT2D eigenvalue weighted by atomic mass is 9.93. The predicted octanol–water partition coefficient (Wildman–Crippen LogP) is 0.916. The van der Waals surface area contributed by atoms with E-state index in [-0.39, 0.29) is 18.0 Å². The molecule has 0 aromatic heterocycles. The summed E-state index contributed by atoms with van der Waals surface area (Å²) in [6.45, 7) is 3.69. The number of fused-ring (bicyclic) bond motifs is 1. The molecule has 4 nitrogen and oxygen atoms in total. The van der Waals surface area contributed by atoms with Crippen LogP contribution in [-0.2, 0) is 9.53 Å². The van der Waals surface area contributed by atoms with Gasteiger partial charge in [0.25, 0.3) is 0 Å². The minimum Gasteiger partial charge on any atom is -0.383 e. The summed E-state index contributed by atoms with van der Waals surface area (Å²) in [7, 11) is 1.68. The number of nitrogens with one attached hydrogen (secondary N) is 2. The molecule has 0 spiro atoms. The van der Waals surface area contributed by atoms with Crippen LogP contribution in [-0.4, -0.2) is 38.3 Å². The molecule has 1 amide bonds. The molecule has 1 saturated heterocycles. The molecule has 0 aromatic rings. The van der Waals surface area contributed by atoms with Gasteiger partial charge in [-0.2, -0.15) is 0 Å². The third-order valence-corrected chi connectivity index (χ3v) is 4.24. The Kier molecular flexibility index (Phi) is 4.40. The number of carbonyl (C=O) groups excluding carboxylic acids is 1. The van der Waals surface area contributed by atoms with E-state index in [0.29, 0.717) is 12.5 Å². The van der Waals surface area contributed by atoms with Gasteiger partial charge in [-0.25, -0.2) is 0 Å². The smallest absolute Gasteiger partial charge is 0.237 e. The normalized spacial score (nSPS) is 33.4. The number of rotatable bonds is 5. The molecule has 4 unspecified atom stereocenters. The lowest BCUT2D eigenvalue weighted by Crippen LogP contribution is -2.48. The Morgan fingerprint density at radius 2 is 2.35 bits per heavy atom. The molecular weight excluding hydrogens is 216 g/mol. The van der Waals surface area contributed by atoms with Gasteiger partial charge in [-0.15, -0.1) is 0 Å². The molecule has 1 saturated carbocycles. The highest BCUT2D eigenvalue weighted by Crippen LogP contribution is 2.37. The monoisotopic (exact) mass is 240 g/mol. The Labute approximate surface area is 103 Å². The second-order valence-corrected chi connectivity index (χ2v) is 5.31. The van der Waals surface area contributed by atoms with Crippen LogP contribution in [0.1, 0.15) is 32.6 Å². The molecule has 98 valence electrons. The van der Waals surface area contributed by atoms with Gasteiger partial charge >= 0.3 is 0 Å². The maximum Gasteiger partial charge on any atom is 0.237 e. The summed E-state index contributed by atoms with van der Waals surface area (Å²) in [6.07, 6.45) is 4.70. The van der Waals surface area contributed by atoms with E-state index in [1.54, 1.807) is 7.11 Å². The summed E-state index contributed by atoms with van der Waals surface area (Å²) in [5.74, 6) is 1.46. The summed E-state index contributed by atoms with van der Waals surface area (Å²) in [5, 5.41) is 6.47. The lowest BCUT2D eigenvalue weighted by molar-refractivity contribution is -0.124. The molecule has 17 heavy (non-hydrogen) atoms. The van der Waals surface area contributed by atoms with Crippen LogP contribution < -0.4 is 10.6 Å². The number of amides is 1. The molecule has 2 rings (SSSR count). The van der Waals surface area contributed by atoms with Crippen LogP contribution in [0.5, 0.6) is 0 Å². The van der Waals surface area contributed by atoms with Gasteiger partial charge in [-0.3, -0.25) is 4.79 Å². The average molecular weight is 240 g/mol. The van der Waals surface area contributed by atoms with E-state index in [1.165, 1.54) is 19.3 Å². The molecule has 2 fully saturated rings. The van der Waals surface area contributed by atoms with Crippen molar-refractivity contribution in [3.63, 3.8) is 0 Å². The predicted molar refractivity (Wildman–Crippen MR) is 66.7 cm³/mol. The van der Waals surface area contributed by atoms with Crippen LogP contribution in [0.4, 0.5) is 0 Å². The first-order valence-corrected chi connectivity index (χ1v) is 6.79. The first-order valence-electron chi connectivity index (χ1n) is 6.79. The van der Waals surface area contributed by atoms with Gasteiger partial charge in [0, 0.05) is 7.11 Å². The zero-order valence-electron chi connectivity index (χ0n) is 10.9. The van der Waals surface area contributed by atoms with E-state index in [9.17, 15) is 4.79 Å². The molecular formula is C13H24N2O2. The Hall–Kier alpha value is -0.610. The van der Waals surface area contributed by atoms with E-state index in [2.05, 4.69) is 17.6 Å². The molecule has 1 heterocycles. The number of carbonyl (C=O) groups is 1. The zero-order valence-corrected chi connectivity index (χ0v) is 10.9. The Morgan fingerprint density at radius 3 is 3.06 bits per heavy atom. The first-order chi connectivity index (χ1) is 8.26. The molecule has 1 aliphatic carbocycles. The Morgan fingerprint density at radius 1 is 1.53 bits per heavy atom. The van der Waals surface area contributed by atoms with Crippen LogP contribution in [0, 0.1) is 11.8 Å². The molecule has 1 aliphatic heterocycles. The van der Waals surface area contributed by atoms with Crippen molar-refractivity contribution in [1.82, 2.24) is 10.6 Å². The quantitative estimate of drug-likeness (QED) is 0.751. The number of ether oxygens (including phenoxy) is 1. The fraction of sp³-hybridized carbons (Fsp3) is 0.923. The number of hydrogen-bond donors (Lipinski definition) is 2. The highest BCUT2D eigenvalue weighted by Gasteiger charge is 2.42. The zero-order chi connectivity index (χ0) is 12.3. The minimum atomic E-state index is 0.0356. The van der Waals surface area contributed by atoms with Crippen LogP contribution in [0.15, 0.2) is 0 Å². The van der Waals surface area contributed by atoms with Crippen molar-refractivity contribution in [3.05, 3.63) is 0 Å². The van der Waals surface area contributed by atoms with Crippen LogP contribution in [0.3, 0.4) is 0 Å². The van der Waals surface area contributed by atoms with Crippen molar-refractivity contribution in [2.75, 3.05) is 20.3 Å². The highest BCUT2D eigenvalue weighted by atomic mass is 16.5. The van der Waals surface area contributed by atoms with Crippen LogP contribution in [0.2, 0.25) is 0 Å². The van der Waals surface area contributed by atoms with Gasteiger partial charge in [0.05, 0.1) is 18.7 Å². The van der Waals surface area contributed by atoms with Crippen LogP contribution >= 0.6 is 0 Å². The topological polar surface area (TPSA) is 50.4 Å². The van der Waals surface area contributed by atoms with Crippen LogP contribution in [0.25, 0.3) is 0 Å². The van der Waals surface area contributed by atoms with Gasteiger partial charge in [0.2, 0.25) is 5.91 Å². The van der Waals surface area contributed by atoms with E-state index >= 15 is 0 Å². The number of hydrogen-bond acceptors (Lipinski definition) is 3. The average Bonchev–Trinajstić information content (AvgIpc) is 2.89.